The van der Waals surface area contributed by atoms with Crippen molar-refractivity contribution in [2.45, 2.75) is 19.9 Å². The molecule has 102 valence electrons. The van der Waals surface area contributed by atoms with Crippen LogP contribution in [-0.2, 0) is 14.1 Å². The number of hydrogen-bond donors (Lipinski definition) is 1. The molecule has 2 heterocycles. The van der Waals surface area contributed by atoms with Crippen LogP contribution in [0.25, 0.3) is 0 Å². The second kappa shape index (κ2) is 5.26. The number of amides is 1. The van der Waals surface area contributed by atoms with Crippen LogP contribution in [0, 0.1) is 5.92 Å². The van der Waals surface area contributed by atoms with Gasteiger partial charge in [-0.15, -0.1) is 0 Å². The lowest BCUT2D eigenvalue weighted by molar-refractivity contribution is 0.0912. The van der Waals surface area contributed by atoms with E-state index in [-0.39, 0.29) is 17.9 Å². The van der Waals surface area contributed by atoms with Crippen molar-refractivity contribution >= 4 is 5.91 Å². The van der Waals surface area contributed by atoms with E-state index < -0.39 is 0 Å². The standard InChI is InChI=1S/C13H19N5O/c1-9(2)11(12-14-7-8-17(12)3)16-13(19)10-5-6-15-18(10)4/h5-9,11H,1-4H3,(H,16,19). The van der Waals surface area contributed by atoms with Crippen LogP contribution in [-0.4, -0.2) is 25.2 Å². The molecule has 0 spiro atoms. The fourth-order valence-electron chi connectivity index (χ4n) is 2.02. The number of rotatable bonds is 4. The summed E-state index contributed by atoms with van der Waals surface area (Å²) in [5, 5.41) is 7.02. The average Bonchev–Trinajstić information content (AvgIpc) is 2.94. The lowest BCUT2D eigenvalue weighted by Gasteiger charge is -2.22. The molecule has 0 aromatic carbocycles. The van der Waals surface area contributed by atoms with Crippen LogP contribution in [0.1, 0.15) is 36.2 Å². The number of aryl methyl sites for hydroxylation is 2. The van der Waals surface area contributed by atoms with Gasteiger partial charge < -0.3 is 9.88 Å². The second-order valence-electron chi connectivity index (χ2n) is 4.93. The van der Waals surface area contributed by atoms with Crippen LogP contribution in [0.5, 0.6) is 0 Å². The topological polar surface area (TPSA) is 64.7 Å². The highest BCUT2D eigenvalue weighted by molar-refractivity contribution is 5.92. The van der Waals surface area contributed by atoms with Gasteiger partial charge in [-0.2, -0.15) is 5.10 Å². The first-order valence-corrected chi connectivity index (χ1v) is 6.26. The summed E-state index contributed by atoms with van der Waals surface area (Å²) in [5.41, 5.74) is 0.542. The van der Waals surface area contributed by atoms with Gasteiger partial charge in [0.25, 0.3) is 5.91 Å². The van der Waals surface area contributed by atoms with Crippen LogP contribution in [0.4, 0.5) is 0 Å². The molecular formula is C13H19N5O. The maximum Gasteiger partial charge on any atom is 0.270 e. The highest BCUT2D eigenvalue weighted by atomic mass is 16.2. The molecule has 2 aromatic heterocycles. The zero-order valence-corrected chi connectivity index (χ0v) is 11.7. The largest absolute Gasteiger partial charge is 0.340 e. The molecule has 1 N–H and O–H groups in total. The van der Waals surface area contributed by atoms with Gasteiger partial charge in [-0.3, -0.25) is 9.48 Å². The fraction of sp³-hybridized carbons (Fsp3) is 0.462. The van der Waals surface area contributed by atoms with E-state index in [0.29, 0.717) is 5.69 Å². The Balaban J connectivity index is 2.21. The maximum atomic E-state index is 12.2. The molecular weight excluding hydrogens is 242 g/mol. The highest BCUT2D eigenvalue weighted by Gasteiger charge is 2.23. The van der Waals surface area contributed by atoms with Gasteiger partial charge in [0.15, 0.2) is 0 Å². The predicted octanol–water partition coefficient (Wildman–Crippen LogP) is 1.28. The Morgan fingerprint density at radius 1 is 1.32 bits per heavy atom. The fourth-order valence-corrected chi connectivity index (χ4v) is 2.02. The third-order valence-corrected chi connectivity index (χ3v) is 3.14. The first-order chi connectivity index (χ1) is 9.00. The van der Waals surface area contributed by atoms with Gasteiger partial charge in [0.2, 0.25) is 0 Å². The van der Waals surface area contributed by atoms with Gasteiger partial charge in [-0.25, -0.2) is 4.98 Å². The van der Waals surface area contributed by atoms with Crippen LogP contribution in [0.2, 0.25) is 0 Å². The Bertz CT molecular complexity index is 569. The van der Waals surface area contributed by atoms with Gasteiger partial charge >= 0.3 is 0 Å². The average molecular weight is 261 g/mol. The molecule has 0 aliphatic rings. The van der Waals surface area contributed by atoms with Crippen LogP contribution in [0.3, 0.4) is 0 Å². The van der Waals surface area contributed by atoms with Crippen molar-refractivity contribution in [2.75, 3.05) is 0 Å². The molecule has 0 aliphatic carbocycles. The SMILES string of the molecule is CC(C)C(NC(=O)c1ccnn1C)c1nccn1C. The third kappa shape index (κ3) is 2.67. The monoisotopic (exact) mass is 261 g/mol. The van der Waals surface area contributed by atoms with Crippen molar-refractivity contribution in [2.24, 2.45) is 20.0 Å². The molecule has 0 radical (unpaired) electrons. The normalized spacial score (nSPS) is 12.7. The van der Waals surface area contributed by atoms with Crippen LogP contribution >= 0.6 is 0 Å². The van der Waals surface area contributed by atoms with E-state index >= 15 is 0 Å². The number of hydrogen-bond acceptors (Lipinski definition) is 3. The van der Waals surface area contributed by atoms with Crippen LogP contribution in [0.15, 0.2) is 24.7 Å². The quantitative estimate of drug-likeness (QED) is 0.901. The molecule has 6 nitrogen and oxygen atoms in total. The summed E-state index contributed by atoms with van der Waals surface area (Å²) in [6, 6.07) is 1.58. The minimum Gasteiger partial charge on any atom is -0.340 e. The van der Waals surface area contributed by atoms with Gasteiger partial charge in [0, 0.05) is 32.7 Å². The smallest absolute Gasteiger partial charge is 0.270 e. The molecule has 2 rings (SSSR count). The third-order valence-electron chi connectivity index (χ3n) is 3.14. The summed E-state index contributed by atoms with van der Waals surface area (Å²) in [7, 11) is 3.67. The molecule has 0 saturated carbocycles. The number of nitrogens with zero attached hydrogens (tertiary/aromatic N) is 4. The van der Waals surface area contributed by atoms with Gasteiger partial charge in [0.1, 0.15) is 11.5 Å². The number of carbonyl (C=O) groups excluding carboxylic acids is 1. The van der Waals surface area contributed by atoms with E-state index in [1.54, 1.807) is 30.2 Å². The van der Waals surface area contributed by atoms with E-state index in [9.17, 15) is 4.79 Å². The first kappa shape index (κ1) is 13.3. The van der Waals surface area contributed by atoms with Gasteiger partial charge in [-0.05, 0) is 12.0 Å². The van der Waals surface area contributed by atoms with E-state index in [4.69, 9.17) is 0 Å². The van der Waals surface area contributed by atoms with E-state index in [1.807, 2.05) is 17.8 Å². The predicted molar refractivity (Wildman–Crippen MR) is 71.5 cm³/mol. The Labute approximate surface area is 112 Å². The Morgan fingerprint density at radius 2 is 2.05 bits per heavy atom. The van der Waals surface area contributed by atoms with Crippen LogP contribution < -0.4 is 5.32 Å². The summed E-state index contributed by atoms with van der Waals surface area (Å²) in [5.74, 6) is 0.963. The Kier molecular flexibility index (Phi) is 3.69. The number of carbonyl (C=O) groups is 1. The lowest BCUT2D eigenvalue weighted by atomic mass is 10.0. The molecule has 6 heteroatoms. The molecule has 19 heavy (non-hydrogen) atoms. The summed E-state index contributed by atoms with van der Waals surface area (Å²) in [4.78, 5) is 16.6. The maximum absolute atomic E-state index is 12.2. The summed E-state index contributed by atoms with van der Waals surface area (Å²) in [6.45, 7) is 4.12. The first-order valence-electron chi connectivity index (χ1n) is 6.26. The van der Waals surface area contributed by atoms with Crippen molar-refractivity contribution in [1.29, 1.82) is 0 Å². The van der Waals surface area contributed by atoms with E-state index in [2.05, 4.69) is 29.2 Å². The molecule has 1 atom stereocenters. The highest BCUT2D eigenvalue weighted by Crippen LogP contribution is 2.20. The molecule has 0 fully saturated rings. The van der Waals surface area contributed by atoms with Crippen molar-refractivity contribution in [3.63, 3.8) is 0 Å². The van der Waals surface area contributed by atoms with Gasteiger partial charge in [-0.1, -0.05) is 13.8 Å². The molecule has 0 aliphatic heterocycles. The molecule has 0 bridgehead atoms. The van der Waals surface area contributed by atoms with Crippen molar-refractivity contribution in [1.82, 2.24) is 24.6 Å². The zero-order valence-electron chi connectivity index (χ0n) is 11.7. The van der Waals surface area contributed by atoms with Crippen molar-refractivity contribution in [3.05, 3.63) is 36.2 Å². The Hall–Kier alpha value is -2.11. The lowest BCUT2D eigenvalue weighted by Crippen LogP contribution is -2.34. The van der Waals surface area contributed by atoms with Gasteiger partial charge in [0.05, 0.1) is 6.04 Å². The zero-order chi connectivity index (χ0) is 14.0. The van der Waals surface area contributed by atoms with Crippen molar-refractivity contribution < 1.29 is 4.79 Å². The summed E-state index contributed by atoms with van der Waals surface area (Å²) >= 11 is 0. The number of imidazole rings is 1. The molecule has 1 unspecified atom stereocenters. The number of nitrogens with one attached hydrogen (secondary N) is 1. The summed E-state index contributed by atoms with van der Waals surface area (Å²) in [6.07, 6.45) is 5.22. The minimum atomic E-state index is -0.137. The summed E-state index contributed by atoms with van der Waals surface area (Å²) < 4.78 is 3.49. The van der Waals surface area contributed by atoms with Crippen molar-refractivity contribution in [3.8, 4) is 0 Å². The molecule has 0 saturated heterocycles. The van der Waals surface area contributed by atoms with E-state index in [1.165, 1.54) is 0 Å². The van der Waals surface area contributed by atoms with E-state index in [0.717, 1.165) is 5.82 Å². The second-order valence-corrected chi connectivity index (χ2v) is 4.93. The number of aromatic nitrogens is 4. The molecule has 1 amide bonds. The Morgan fingerprint density at radius 3 is 2.53 bits per heavy atom. The molecule has 2 aromatic rings. The minimum absolute atomic E-state index is 0.123.